The first kappa shape index (κ1) is 10.4. The van der Waals surface area contributed by atoms with Crippen molar-refractivity contribution in [2.75, 3.05) is 0 Å². The number of nitrogens with two attached hydrogens (primary N) is 1. The zero-order valence-corrected chi connectivity index (χ0v) is 8.80. The van der Waals surface area contributed by atoms with E-state index in [1.807, 2.05) is 30.7 Å². The number of hydrogen-bond donors (Lipinski definition) is 1. The van der Waals surface area contributed by atoms with Crippen LogP contribution in [0.3, 0.4) is 0 Å². The molecule has 0 saturated heterocycles. The molecular formula is C10H15NOS. The Balaban J connectivity index is 2.52. The monoisotopic (exact) mass is 197 g/mol. The van der Waals surface area contributed by atoms with Crippen LogP contribution in [0.1, 0.15) is 30.6 Å². The Morgan fingerprint density at radius 1 is 1.62 bits per heavy atom. The van der Waals surface area contributed by atoms with Crippen molar-refractivity contribution in [3.8, 4) is 0 Å². The third-order valence-electron chi connectivity index (χ3n) is 2.12. The second-order valence-corrected chi connectivity index (χ2v) is 4.33. The van der Waals surface area contributed by atoms with Gasteiger partial charge < -0.3 is 5.73 Å². The topological polar surface area (TPSA) is 43.1 Å². The number of hydrogen-bond acceptors (Lipinski definition) is 3. The Labute approximate surface area is 82.8 Å². The molecule has 0 aromatic carbocycles. The number of rotatable bonds is 4. The Hall–Kier alpha value is -0.670. The van der Waals surface area contributed by atoms with Crippen LogP contribution in [0.4, 0.5) is 0 Å². The fourth-order valence-corrected chi connectivity index (χ4v) is 1.65. The van der Waals surface area contributed by atoms with Gasteiger partial charge in [0.25, 0.3) is 0 Å². The van der Waals surface area contributed by atoms with Crippen molar-refractivity contribution >= 4 is 17.1 Å². The van der Waals surface area contributed by atoms with Gasteiger partial charge in [0.15, 0.2) is 5.78 Å². The molecule has 0 spiro atoms. The van der Waals surface area contributed by atoms with Gasteiger partial charge in [-0.2, -0.15) is 11.3 Å². The summed E-state index contributed by atoms with van der Waals surface area (Å²) in [6, 6.07) is 1.83. The van der Waals surface area contributed by atoms with E-state index < -0.39 is 0 Å². The lowest BCUT2D eigenvalue weighted by Crippen LogP contribution is -2.29. The predicted molar refractivity (Wildman–Crippen MR) is 56.1 cm³/mol. The van der Waals surface area contributed by atoms with Gasteiger partial charge in [-0.25, -0.2) is 0 Å². The lowest BCUT2D eigenvalue weighted by atomic mass is 9.98. The van der Waals surface area contributed by atoms with Crippen molar-refractivity contribution in [3.63, 3.8) is 0 Å². The maximum absolute atomic E-state index is 11.5. The van der Waals surface area contributed by atoms with E-state index >= 15 is 0 Å². The molecule has 1 atom stereocenters. The lowest BCUT2D eigenvalue weighted by Gasteiger charge is -2.13. The van der Waals surface area contributed by atoms with Gasteiger partial charge >= 0.3 is 0 Å². The minimum absolute atomic E-state index is 0.0209. The highest BCUT2D eigenvalue weighted by Crippen LogP contribution is 2.12. The summed E-state index contributed by atoms with van der Waals surface area (Å²) in [6.07, 6.45) is 0.453. The first-order valence-electron chi connectivity index (χ1n) is 4.42. The lowest BCUT2D eigenvalue weighted by molar-refractivity contribution is 0.0968. The summed E-state index contributed by atoms with van der Waals surface area (Å²) in [5.74, 6) is 0.519. The molecule has 13 heavy (non-hydrogen) atoms. The smallest absolute Gasteiger partial charge is 0.165 e. The van der Waals surface area contributed by atoms with E-state index in [0.29, 0.717) is 12.3 Å². The molecule has 3 heteroatoms. The Morgan fingerprint density at radius 3 is 2.77 bits per heavy atom. The average Bonchev–Trinajstić information content (AvgIpc) is 2.55. The molecule has 0 amide bonds. The van der Waals surface area contributed by atoms with E-state index in [0.717, 1.165) is 5.56 Å². The van der Waals surface area contributed by atoms with Crippen LogP contribution in [-0.2, 0) is 0 Å². The van der Waals surface area contributed by atoms with Crippen molar-refractivity contribution in [2.24, 2.45) is 11.7 Å². The molecule has 0 aliphatic heterocycles. The Morgan fingerprint density at radius 2 is 2.31 bits per heavy atom. The third kappa shape index (κ3) is 2.94. The normalized spacial score (nSPS) is 13.2. The maximum Gasteiger partial charge on any atom is 0.165 e. The van der Waals surface area contributed by atoms with Crippen LogP contribution in [-0.4, -0.2) is 11.8 Å². The second kappa shape index (κ2) is 4.53. The minimum Gasteiger partial charge on any atom is -0.327 e. The van der Waals surface area contributed by atoms with E-state index in [1.165, 1.54) is 0 Å². The van der Waals surface area contributed by atoms with E-state index in [4.69, 9.17) is 5.73 Å². The summed E-state index contributed by atoms with van der Waals surface area (Å²) in [7, 11) is 0. The molecule has 1 unspecified atom stereocenters. The number of carbonyl (C=O) groups excluding carboxylic acids is 1. The predicted octanol–water partition coefficient (Wildman–Crippen LogP) is 2.30. The summed E-state index contributed by atoms with van der Waals surface area (Å²) in [6.45, 7) is 4.07. The summed E-state index contributed by atoms with van der Waals surface area (Å²) in [5, 5.41) is 3.78. The van der Waals surface area contributed by atoms with Crippen LogP contribution in [0.15, 0.2) is 16.8 Å². The van der Waals surface area contributed by atoms with E-state index in [2.05, 4.69) is 0 Å². The molecule has 72 valence electrons. The quantitative estimate of drug-likeness (QED) is 0.753. The van der Waals surface area contributed by atoms with Crippen LogP contribution in [0, 0.1) is 5.92 Å². The van der Waals surface area contributed by atoms with Gasteiger partial charge in [-0.05, 0) is 17.4 Å². The molecule has 0 fully saturated rings. The van der Waals surface area contributed by atoms with Gasteiger partial charge in [-0.1, -0.05) is 13.8 Å². The molecule has 0 bridgehead atoms. The fourth-order valence-electron chi connectivity index (χ4n) is 0.991. The van der Waals surface area contributed by atoms with Gasteiger partial charge in [0.1, 0.15) is 0 Å². The van der Waals surface area contributed by atoms with Gasteiger partial charge in [-0.15, -0.1) is 0 Å². The van der Waals surface area contributed by atoms with Crippen LogP contribution in [0.2, 0.25) is 0 Å². The Bertz CT molecular complexity index is 266. The second-order valence-electron chi connectivity index (χ2n) is 3.55. The number of thiophene rings is 1. The highest BCUT2D eigenvalue weighted by molar-refractivity contribution is 7.08. The van der Waals surface area contributed by atoms with Crippen LogP contribution in [0.5, 0.6) is 0 Å². The van der Waals surface area contributed by atoms with Gasteiger partial charge in [0.2, 0.25) is 0 Å². The first-order chi connectivity index (χ1) is 6.11. The zero-order valence-electron chi connectivity index (χ0n) is 7.99. The Kier molecular flexibility index (Phi) is 3.63. The molecule has 0 aliphatic carbocycles. The molecular weight excluding hydrogens is 182 g/mol. The molecule has 1 aromatic rings. The van der Waals surface area contributed by atoms with E-state index in [-0.39, 0.29) is 11.8 Å². The SMILES string of the molecule is CC(C)C(N)CC(=O)c1ccsc1. The summed E-state index contributed by atoms with van der Waals surface area (Å²) < 4.78 is 0. The van der Waals surface area contributed by atoms with Crippen LogP contribution >= 0.6 is 11.3 Å². The third-order valence-corrected chi connectivity index (χ3v) is 2.80. The highest BCUT2D eigenvalue weighted by atomic mass is 32.1. The first-order valence-corrected chi connectivity index (χ1v) is 5.36. The molecule has 2 N–H and O–H groups in total. The largest absolute Gasteiger partial charge is 0.327 e. The molecule has 1 rings (SSSR count). The van der Waals surface area contributed by atoms with Gasteiger partial charge in [0.05, 0.1) is 0 Å². The van der Waals surface area contributed by atoms with E-state index in [9.17, 15) is 4.79 Å². The highest BCUT2D eigenvalue weighted by Gasteiger charge is 2.14. The zero-order chi connectivity index (χ0) is 9.84. The fraction of sp³-hybridized carbons (Fsp3) is 0.500. The van der Waals surface area contributed by atoms with Crippen molar-refractivity contribution in [1.82, 2.24) is 0 Å². The van der Waals surface area contributed by atoms with Crippen molar-refractivity contribution < 1.29 is 4.79 Å². The van der Waals surface area contributed by atoms with Crippen molar-refractivity contribution in [1.29, 1.82) is 0 Å². The minimum atomic E-state index is -0.0209. The molecule has 0 aliphatic rings. The molecule has 0 saturated carbocycles. The molecule has 2 nitrogen and oxygen atoms in total. The van der Waals surface area contributed by atoms with Crippen LogP contribution < -0.4 is 5.73 Å². The van der Waals surface area contributed by atoms with Gasteiger partial charge in [0, 0.05) is 23.4 Å². The van der Waals surface area contributed by atoms with Gasteiger partial charge in [-0.3, -0.25) is 4.79 Å². The maximum atomic E-state index is 11.5. The van der Waals surface area contributed by atoms with Crippen LogP contribution in [0.25, 0.3) is 0 Å². The average molecular weight is 197 g/mol. The number of ketones is 1. The summed E-state index contributed by atoms with van der Waals surface area (Å²) in [4.78, 5) is 11.5. The molecule has 1 aromatic heterocycles. The van der Waals surface area contributed by atoms with Crippen molar-refractivity contribution in [3.05, 3.63) is 22.4 Å². The molecule has 1 heterocycles. The standard InChI is InChI=1S/C10H15NOS/c1-7(2)9(11)5-10(12)8-3-4-13-6-8/h3-4,6-7,9H,5,11H2,1-2H3. The summed E-state index contributed by atoms with van der Waals surface area (Å²) >= 11 is 1.54. The van der Waals surface area contributed by atoms with E-state index in [1.54, 1.807) is 11.3 Å². The van der Waals surface area contributed by atoms with Crippen molar-refractivity contribution in [2.45, 2.75) is 26.3 Å². The number of carbonyl (C=O) groups is 1. The number of Topliss-reactive ketones (excluding diaryl/α,β-unsaturated/α-hetero) is 1. The molecule has 0 radical (unpaired) electrons. The summed E-state index contributed by atoms with van der Waals surface area (Å²) in [5.41, 5.74) is 6.60.